The Hall–Kier alpha value is -5.75. The molecule has 1 saturated heterocycles. The number of rotatable bonds is 10. The van der Waals surface area contributed by atoms with Crippen molar-refractivity contribution in [3.8, 4) is 34.5 Å². The van der Waals surface area contributed by atoms with Gasteiger partial charge in [0.1, 0.15) is 56.4 Å². The molecular weight excluding hydrogens is 730 g/mol. The van der Waals surface area contributed by atoms with Gasteiger partial charge in [-0.3, -0.25) is 14.6 Å². The highest BCUT2D eigenvalue weighted by molar-refractivity contribution is 9.09. The van der Waals surface area contributed by atoms with Gasteiger partial charge in [-0.25, -0.2) is 9.78 Å². The van der Waals surface area contributed by atoms with Gasteiger partial charge in [0.2, 0.25) is 0 Å². The zero-order chi connectivity index (χ0) is 35.7. The molecule has 0 N–H and O–H groups in total. The quantitative estimate of drug-likeness (QED) is 0.109. The van der Waals surface area contributed by atoms with Crippen LogP contribution in [-0.4, -0.2) is 65.7 Å². The molecular formula is C40H36BrN3O8. The lowest BCUT2D eigenvalue weighted by Crippen LogP contribution is -2.44. The van der Waals surface area contributed by atoms with Gasteiger partial charge in [0.05, 0.1) is 6.54 Å². The number of carbonyl (C=O) groups excluding carboxylic acids is 2. The second-order valence-electron chi connectivity index (χ2n) is 12.1. The van der Waals surface area contributed by atoms with Crippen LogP contribution in [0.3, 0.4) is 0 Å². The first-order chi connectivity index (χ1) is 25.5. The van der Waals surface area contributed by atoms with Gasteiger partial charge < -0.3 is 28.4 Å². The second kappa shape index (κ2) is 16.5. The normalized spacial score (nSPS) is 17.2. The Morgan fingerprint density at radius 1 is 0.673 bits per heavy atom. The molecule has 4 heterocycles. The van der Waals surface area contributed by atoms with Crippen molar-refractivity contribution in [1.82, 2.24) is 9.88 Å². The Kier molecular flexibility index (Phi) is 11.0. The molecule has 3 aliphatic heterocycles. The summed E-state index contributed by atoms with van der Waals surface area (Å²) in [6.45, 7) is 1.83. The van der Waals surface area contributed by atoms with E-state index in [4.69, 9.17) is 28.4 Å². The summed E-state index contributed by atoms with van der Waals surface area (Å²) < 4.78 is 34.9. The van der Waals surface area contributed by atoms with E-state index in [1.165, 1.54) is 9.80 Å². The molecule has 12 heteroatoms. The molecule has 0 aliphatic carbocycles. The van der Waals surface area contributed by atoms with E-state index in [-0.39, 0.29) is 31.7 Å². The van der Waals surface area contributed by atoms with Crippen molar-refractivity contribution >= 4 is 33.7 Å². The molecule has 3 aliphatic rings. The lowest BCUT2D eigenvalue weighted by atomic mass is 10.2. The first-order valence-corrected chi connectivity index (χ1v) is 17.9. The molecule has 0 radical (unpaired) electrons. The van der Waals surface area contributed by atoms with Crippen LogP contribution in [0.4, 0.5) is 10.6 Å². The summed E-state index contributed by atoms with van der Waals surface area (Å²) in [5, 5.41) is 0.752. The fourth-order valence-electron chi connectivity index (χ4n) is 5.64. The molecule has 2 atom stereocenters. The number of hydrogen-bond acceptors (Lipinski definition) is 9. The largest absolute Gasteiger partial charge is 0.489 e. The number of nitrogens with zero attached hydrogens (tertiary/aromatic N) is 3. The van der Waals surface area contributed by atoms with E-state index in [2.05, 4.69) is 20.9 Å². The summed E-state index contributed by atoms with van der Waals surface area (Å²) >= 11 is 3.41. The molecule has 1 aromatic heterocycles. The predicted molar refractivity (Wildman–Crippen MR) is 197 cm³/mol. The third-order valence-corrected chi connectivity index (χ3v) is 9.03. The summed E-state index contributed by atoms with van der Waals surface area (Å²) in [5.41, 5.74) is 2.20. The van der Waals surface area contributed by atoms with E-state index in [9.17, 15) is 9.59 Å². The van der Waals surface area contributed by atoms with Crippen LogP contribution in [0.2, 0.25) is 0 Å². The molecule has 0 spiro atoms. The average Bonchev–Trinajstić information content (AvgIpc) is 3.48. The van der Waals surface area contributed by atoms with Crippen LogP contribution in [0, 0.1) is 0 Å². The maximum absolute atomic E-state index is 12.8. The minimum absolute atomic E-state index is 0.0442. The highest BCUT2D eigenvalue weighted by Gasteiger charge is 2.40. The van der Waals surface area contributed by atoms with Gasteiger partial charge in [0.15, 0.2) is 29.1 Å². The molecule has 5 aromatic rings. The Balaban J connectivity index is 0.000000180. The number of ether oxygens (including phenoxy) is 6. The first-order valence-electron chi connectivity index (χ1n) is 16.8. The van der Waals surface area contributed by atoms with Crippen LogP contribution in [0.1, 0.15) is 11.1 Å². The van der Waals surface area contributed by atoms with Crippen molar-refractivity contribution in [2.24, 2.45) is 0 Å². The lowest BCUT2D eigenvalue weighted by Gasteiger charge is -2.29. The predicted octanol–water partition coefficient (Wildman–Crippen LogP) is 7.07. The highest BCUT2D eigenvalue weighted by atomic mass is 79.9. The summed E-state index contributed by atoms with van der Waals surface area (Å²) in [7, 11) is 0. The number of imide groups is 1. The van der Waals surface area contributed by atoms with Gasteiger partial charge in [0, 0.05) is 23.7 Å². The zero-order valence-corrected chi connectivity index (χ0v) is 29.7. The summed E-state index contributed by atoms with van der Waals surface area (Å²) in [4.78, 5) is 32.0. The number of pyridine rings is 1. The minimum Gasteiger partial charge on any atom is -0.489 e. The number of carbonyl (C=O) groups is 2. The van der Waals surface area contributed by atoms with Crippen LogP contribution in [0.5, 0.6) is 34.5 Å². The fraction of sp³-hybridized carbons (Fsp3) is 0.225. The molecule has 11 nitrogen and oxygen atoms in total. The molecule has 4 aromatic carbocycles. The van der Waals surface area contributed by atoms with E-state index in [1.807, 2.05) is 84.9 Å². The van der Waals surface area contributed by atoms with Gasteiger partial charge >= 0.3 is 6.03 Å². The van der Waals surface area contributed by atoms with Crippen molar-refractivity contribution in [3.05, 3.63) is 133 Å². The molecule has 0 unspecified atom stereocenters. The van der Waals surface area contributed by atoms with Crippen molar-refractivity contribution in [1.29, 1.82) is 0 Å². The average molecular weight is 767 g/mol. The second-order valence-corrected chi connectivity index (χ2v) is 12.7. The fourth-order valence-corrected chi connectivity index (χ4v) is 5.96. The molecule has 1 fully saturated rings. The van der Waals surface area contributed by atoms with E-state index in [0.29, 0.717) is 42.9 Å². The Bertz CT molecular complexity index is 1970. The minimum atomic E-state index is -0.483. The SMILES string of the molecule is BrC[C@@H]1COc2ccc(OCc3ccccc3)cc2O1.O=C1CN(c2ccccn2)C(=O)N1C[C@@H]1COc2ccc(OCc3ccccc3)cc2O1. The number of aromatic nitrogens is 1. The zero-order valence-electron chi connectivity index (χ0n) is 28.1. The van der Waals surface area contributed by atoms with Crippen LogP contribution < -0.4 is 33.3 Å². The standard InChI is InChI=1S/C24H21N3O5.C16H15BrO3/c28-23-14-26(22-8-4-5-11-25-22)24(29)27(23)13-19-16-31-20-10-9-18(12-21(20)32-19)30-15-17-6-2-1-3-7-17;17-9-14-11-19-15-7-6-13(8-16(15)20-14)18-10-12-4-2-1-3-5-12/h1-12,19H,13-16H2;1-8,14H,9-11H2/t19-;14-/m11/s1. The summed E-state index contributed by atoms with van der Waals surface area (Å²) in [6, 6.07) is 35.8. The van der Waals surface area contributed by atoms with Crippen LogP contribution in [-0.2, 0) is 18.0 Å². The number of alkyl halides is 1. The third kappa shape index (κ3) is 8.57. The third-order valence-electron chi connectivity index (χ3n) is 8.30. The number of benzene rings is 4. The van der Waals surface area contributed by atoms with Gasteiger partial charge in [-0.1, -0.05) is 82.7 Å². The Morgan fingerprint density at radius 3 is 1.79 bits per heavy atom. The molecule has 52 heavy (non-hydrogen) atoms. The van der Waals surface area contributed by atoms with Gasteiger partial charge in [-0.05, 0) is 47.5 Å². The maximum atomic E-state index is 12.8. The van der Waals surface area contributed by atoms with Crippen LogP contribution in [0.15, 0.2) is 121 Å². The summed E-state index contributed by atoms with van der Waals surface area (Å²) in [6.07, 6.45) is 1.15. The molecule has 0 bridgehead atoms. The van der Waals surface area contributed by atoms with Gasteiger partial charge in [-0.2, -0.15) is 0 Å². The number of hydrogen-bond donors (Lipinski definition) is 0. The van der Waals surface area contributed by atoms with Crippen LogP contribution in [0.25, 0.3) is 0 Å². The van der Waals surface area contributed by atoms with E-state index < -0.39 is 12.1 Å². The highest BCUT2D eigenvalue weighted by Crippen LogP contribution is 2.37. The van der Waals surface area contributed by atoms with E-state index in [1.54, 1.807) is 36.5 Å². The number of anilines is 1. The van der Waals surface area contributed by atoms with E-state index >= 15 is 0 Å². The van der Waals surface area contributed by atoms with Crippen molar-refractivity contribution < 1.29 is 38.0 Å². The number of amides is 3. The summed E-state index contributed by atoms with van der Waals surface area (Å²) in [5.74, 6) is 4.21. The number of halogens is 1. The maximum Gasteiger partial charge on any atom is 0.333 e. The topological polar surface area (TPSA) is 109 Å². The molecule has 0 saturated carbocycles. The molecule has 266 valence electrons. The van der Waals surface area contributed by atoms with E-state index in [0.717, 1.165) is 33.7 Å². The Labute approximate surface area is 309 Å². The molecule has 8 rings (SSSR count). The molecule has 3 amide bonds. The Morgan fingerprint density at radius 2 is 1.23 bits per heavy atom. The van der Waals surface area contributed by atoms with Gasteiger partial charge in [-0.15, -0.1) is 0 Å². The van der Waals surface area contributed by atoms with Gasteiger partial charge in [0.25, 0.3) is 5.91 Å². The van der Waals surface area contributed by atoms with Crippen molar-refractivity contribution in [2.75, 3.05) is 36.5 Å². The van der Waals surface area contributed by atoms with Crippen molar-refractivity contribution in [3.63, 3.8) is 0 Å². The van der Waals surface area contributed by atoms with Crippen molar-refractivity contribution in [2.45, 2.75) is 25.4 Å². The lowest BCUT2D eigenvalue weighted by molar-refractivity contribution is -0.126. The van der Waals surface area contributed by atoms with Crippen LogP contribution >= 0.6 is 15.9 Å². The number of urea groups is 1. The first kappa shape index (κ1) is 34.7. The smallest absolute Gasteiger partial charge is 0.333 e. The number of fused-ring (bicyclic) bond motifs is 2. The monoisotopic (exact) mass is 765 g/mol.